The molecular formula is C16H23NO2. The Morgan fingerprint density at radius 3 is 2.95 bits per heavy atom. The molecule has 1 fully saturated rings. The molecule has 0 amide bonds. The van der Waals surface area contributed by atoms with Crippen LogP contribution in [0, 0.1) is 0 Å². The fourth-order valence-corrected chi connectivity index (χ4v) is 2.96. The third kappa shape index (κ3) is 3.16. The smallest absolute Gasteiger partial charge is 0.157 e. The first kappa shape index (κ1) is 14.1. The highest BCUT2D eigenvalue weighted by Crippen LogP contribution is 2.27. The van der Waals surface area contributed by atoms with Crippen LogP contribution in [0.3, 0.4) is 0 Å². The van der Waals surface area contributed by atoms with E-state index in [1.807, 2.05) is 24.3 Å². The van der Waals surface area contributed by atoms with Gasteiger partial charge in [-0.25, -0.2) is 0 Å². The zero-order chi connectivity index (χ0) is 13.7. The van der Waals surface area contributed by atoms with Crippen LogP contribution in [0.5, 0.6) is 5.75 Å². The molecule has 1 aliphatic heterocycles. The Balaban J connectivity index is 2.10. The Hall–Kier alpha value is -1.35. The fourth-order valence-electron chi connectivity index (χ4n) is 2.96. The lowest BCUT2D eigenvalue weighted by Gasteiger charge is -2.27. The van der Waals surface area contributed by atoms with E-state index in [4.69, 9.17) is 4.74 Å². The molecule has 1 aromatic carbocycles. The van der Waals surface area contributed by atoms with Crippen molar-refractivity contribution in [2.45, 2.75) is 44.6 Å². The molecule has 1 aliphatic rings. The van der Waals surface area contributed by atoms with Crippen LogP contribution in [-0.4, -0.2) is 25.0 Å². The zero-order valence-corrected chi connectivity index (χ0v) is 11.9. The molecule has 1 N–H and O–H groups in total. The molecule has 2 rings (SSSR count). The quantitative estimate of drug-likeness (QED) is 0.855. The molecule has 19 heavy (non-hydrogen) atoms. The van der Waals surface area contributed by atoms with E-state index in [0.717, 1.165) is 43.5 Å². The van der Waals surface area contributed by atoms with Crippen LogP contribution in [-0.2, 0) is 11.2 Å². The molecular weight excluding hydrogens is 238 g/mol. The van der Waals surface area contributed by atoms with Crippen LogP contribution in [0.2, 0.25) is 0 Å². The summed E-state index contributed by atoms with van der Waals surface area (Å²) in [4.78, 5) is 12.6. The first-order chi connectivity index (χ1) is 9.20. The van der Waals surface area contributed by atoms with Gasteiger partial charge in [0.25, 0.3) is 0 Å². The lowest BCUT2D eigenvalue weighted by Crippen LogP contribution is -2.48. The number of rotatable bonds is 6. The minimum atomic E-state index is -0.280. The van der Waals surface area contributed by atoms with Crippen molar-refractivity contribution in [2.24, 2.45) is 0 Å². The Labute approximate surface area is 115 Å². The van der Waals surface area contributed by atoms with E-state index in [9.17, 15) is 4.79 Å². The van der Waals surface area contributed by atoms with E-state index in [1.165, 1.54) is 0 Å². The van der Waals surface area contributed by atoms with Crippen molar-refractivity contribution in [3.05, 3.63) is 29.8 Å². The highest BCUT2D eigenvalue weighted by molar-refractivity contribution is 5.90. The molecule has 1 saturated heterocycles. The molecule has 0 radical (unpaired) electrons. The molecule has 1 heterocycles. The summed E-state index contributed by atoms with van der Waals surface area (Å²) in [6.45, 7) is 3.10. The normalized spacial score (nSPS) is 22.4. The third-order valence-corrected chi connectivity index (χ3v) is 3.95. The number of nitrogens with one attached hydrogen (secondary N) is 1. The van der Waals surface area contributed by atoms with Crippen LogP contribution in [0.4, 0.5) is 0 Å². The highest BCUT2D eigenvalue weighted by atomic mass is 16.5. The molecule has 0 saturated carbocycles. The number of ketones is 1. The Kier molecular flexibility index (Phi) is 4.59. The van der Waals surface area contributed by atoms with Crippen molar-refractivity contribution in [2.75, 3.05) is 13.7 Å². The molecule has 0 aliphatic carbocycles. The maximum absolute atomic E-state index is 12.6. The van der Waals surface area contributed by atoms with Gasteiger partial charge in [-0.1, -0.05) is 25.5 Å². The number of hydrogen-bond donors (Lipinski definition) is 1. The summed E-state index contributed by atoms with van der Waals surface area (Å²) in [6.07, 6.45) is 4.55. The monoisotopic (exact) mass is 261 g/mol. The minimum absolute atomic E-state index is 0.280. The van der Waals surface area contributed by atoms with Crippen LogP contribution < -0.4 is 10.1 Å². The Bertz CT molecular complexity index is 436. The molecule has 3 heteroatoms. The van der Waals surface area contributed by atoms with Crippen LogP contribution >= 0.6 is 0 Å². The molecule has 104 valence electrons. The standard InChI is InChI=1S/C16H23NO2/c1-3-8-16(9-5-10-17-16)15(18)12-13-6-4-7-14(11-13)19-2/h4,6-7,11,17H,3,5,8-10,12H2,1-2H3. The van der Waals surface area contributed by atoms with Crippen molar-refractivity contribution in [1.82, 2.24) is 5.32 Å². The molecule has 1 unspecified atom stereocenters. The van der Waals surface area contributed by atoms with Gasteiger partial charge in [-0.15, -0.1) is 0 Å². The summed E-state index contributed by atoms with van der Waals surface area (Å²) < 4.78 is 5.21. The van der Waals surface area contributed by atoms with Gasteiger partial charge >= 0.3 is 0 Å². The van der Waals surface area contributed by atoms with Gasteiger partial charge in [0.2, 0.25) is 0 Å². The number of methoxy groups -OCH3 is 1. The van der Waals surface area contributed by atoms with Crippen LogP contribution in [0.15, 0.2) is 24.3 Å². The molecule has 0 aromatic heterocycles. The molecule has 1 aromatic rings. The van der Waals surface area contributed by atoms with Crippen molar-refractivity contribution in [3.63, 3.8) is 0 Å². The van der Waals surface area contributed by atoms with Gasteiger partial charge in [0.1, 0.15) is 5.75 Å². The van der Waals surface area contributed by atoms with E-state index >= 15 is 0 Å². The zero-order valence-electron chi connectivity index (χ0n) is 11.9. The first-order valence-electron chi connectivity index (χ1n) is 7.11. The number of benzene rings is 1. The van der Waals surface area contributed by atoms with Gasteiger partial charge in [0.15, 0.2) is 5.78 Å². The fraction of sp³-hybridized carbons (Fsp3) is 0.562. The van der Waals surface area contributed by atoms with E-state index in [2.05, 4.69) is 12.2 Å². The maximum atomic E-state index is 12.6. The van der Waals surface area contributed by atoms with Gasteiger partial charge in [-0.2, -0.15) is 0 Å². The number of carbonyl (C=O) groups is 1. The average molecular weight is 261 g/mol. The number of hydrogen-bond acceptors (Lipinski definition) is 3. The molecule has 0 bridgehead atoms. The van der Waals surface area contributed by atoms with Crippen molar-refractivity contribution < 1.29 is 9.53 Å². The number of ether oxygens (including phenoxy) is 1. The van der Waals surface area contributed by atoms with Crippen molar-refractivity contribution >= 4 is 5.78 Å². The Morgan fingerprint density at radius 1 is 1.47 bits per heavy atom. The second kappa shape index (κ2) is 6.20. The first-order valence-corrected chi connectivity index (χ1v) is 7.11. The molecule has 0 spiro atoms. The van der Waals surface area contributed by atoms with Gasteiger partial charge in [-0.3, -0.25) is 4.79 Å². The van der Waals surface area contributed by atoms with Crippen LogP contribution in [0.25, 0.3) is 0 Å². The van der Waals surface area contributed by atoms with Gasteiger partial charge < -0.3 is 10.1 Å². The summed E-state index contributed by atoms with van der Waals surface area (Å²) in [6, 6.07) is 7.79. The molecule has 3 nitrogen and oxygen atoms in total. The topological polar surface area (TPSA) is 38.3 Å². The van der Waals surface area contributed by atoms with E-state index in [0.29, 0.717) is 12.2 Å². The van der Waals surface area contributed by atoms with E-state index < -0.39 is 0 Å². The minimum Gasteiger partial charge on any atom is -0.497 e. The van der Waals surface area contributed by atoms with Crippen molar-refractivity contribution in [1.29, 1.82) is 0 Å². The summed E-state index contributed by atoms with van der Waals surface area (Å²) >= 11 is 0. The summed E-state index contributed by atoms with van der Waals surface area (Å²) in [5, 5.41) is 3.44. The lowest BCUT2D eigenvalue weighted by molar-refractivity contribution is -0.124. The lowest BCUT2D eigenvalue weighted by atomic mass is 9.84. The average Bonchev–Trinajstić information content (AvgIpc) is 2.89. The van der Waals surface area contributed by atoms with Crippen LogP contribution in [0.1, 0.15) is 38.2 Å². The SMILES string of the molecule is CCCC1(C(=O)Cc2cccc(OC)c2)CCCN1. The summed E-state index contributed by atoms with van der Waals surface area (Å²) in [5.41, 5.74) is 0.756. The highest BCUT2D eigenvalue weighted by Gasteiger charge is 2.39. The van der Waals surface area contributed by atoms with Gasteiger partial charge in [-0.05, 0) is 43.5 Å². The largest absolute Gasteiger partial charge is 0.497 e. The second-order valence-electron chi connectivity index (χ2n) is 5.31. The maximum Gasteiger partial charge on any atom is 0.157 e. The third-order valence-electron chi connectivity index (χ3n) is 3.95. The second-order valence-corrected chi connectivity index (χ2v) is 5.31. The predicted molar refractivity (Wildman–Crippen MR) is 76.6 cm³/mol. The molecule has 1 atom stereocenters. The van der Waals surface area contributed by atoms with E-state index in [-0.39, 0.29) is 5.54 Å². The van der Waals surface area contributed by atoms with Gasteiger partial charge in [0.05, 0.1) is 12.6 Å². The summed E-state index contributed by atoms with van der Waals surface area (Å²) in [5.74, 6) is 1.13. The van der Waals surface area contributed by atoms with Gasteiger partial charge in [0, 0.05) is 6.42 Å². The predicted octanol–water partition coefficient (Wildman–Crippen LogP) is 2.73. The Morgan fingerprint density at radius 2 is 2.32 bits per heavy atom. The summed E-state index contributed by atoms with van der Waals surface area (Å²) in [7, 11) is 1.65. The number of Topliss-reactive ketones (excluding diaryl/α,β-unsaturated/α-hetero) is 1. The van der Waals surface area contributed by atoms with Crippen molar-refractivity contribution in [3.8, 4) is 5.75 Å². The number of carbonyl (C=O) groups excluding carboxylic acids is 1. The van der Waals surface area contributed by atoms with E-state index in [1.54, 1.807) is 7.11 Å².